The molecule has 5 aliphatic rings. The maximum atomic E-state index is 16.2. The third kappa shape index (κ3) is 5.43. The van der Waals surface area contributed by atoms with E-state index >= 15 is 4.39 Å². The summed E-state index contributed by atoms with van der Waals surface area (Å²) in [6, 6.07) is 21.4. The highest BCUT2D eigenvalue weighted by molar-refractivity contribution is 6.23. The van der Waals surface area contributed by atoms with E-state index in [0.29, 0.717) is 47.9 Å². The minimum Gasteiger partial charge on any atom is -0.457 e. The van der Waals surface area contributed by atoms with Crippen molar-refractivity contribution in [2.45, 2.75) is 62.9 Å². The van der Waals surface area contributed by atoms with E-state index in [1.807, 2.05) is 64.2 Å². The van der Waals surface area contributed by atoms with Crippen LogP contribution in [0.4, 0.5) is 15.9 Å². The fourth-order valence-corrected chi connectivity index (χ4v) is 9.18. The number of piperidine rings is 1. The van der Waals surface area contributed by atoms with Crippen LogP contribution in [0.15, 0.2) is 79.1 Å². The fraction of sp³-hybridized carbons (Fsp3) is 0.341. The first-order chi connectivity index (χ1) is 27.2. The first-order valence-corrected chi connectivity index (χ1v) is 19.0. The molecule has 2 unspecified atom stereocenters. The van der Waals surface area contributed by atoms with Crippen molar-refractivity contribution in [3.63, 3.8) is 0 Å². The van der Waals surface area contributed by atoms with Crippen molar-refractivity contribution in [1.82, 2.24) is 34.9 Å². The zero-order valence-electron chi connectivity index (χ0n) is 30.3. The van der Waals surface area contributed by atoms with Crippen molar-refractivity contribution >= 4 is 46.2 Å². The van der Waals surface area contributed by atoms with Gasteiger partial charge in [-0.1, -0.05) is 18.2 Å². The Labute approximate surface area is 320 Å². The number of alkyl halides is 1. The van der Waals surface area contributed by atoms with Gasteiger partial charge in [0, 0.05) is 48.8 Å². The Morgan fingerprint density at radius 2 is 1.57 bits per heavy atom. The van der Waals surface area contributed by atoms with Gasteiger partial charge in [-0.25, -0.2) is 19.0 Å². The molecule has 1 saturated carbocycles. The van der Waals surface area contributed by atoms with Crippen molar-refractivity contribution in [3.8, 4) is 22.8 Å². The van der Waals surface area contributed by atoms with E-state index in [2.05, 4.69) is 20.2 Å². The number of rotatable bonds is 7. The molecule has 4 aliphatic heterocycles. The Bertz CT molecular complexity index is 2430. The number of nitrogens with zero attached hydrogens (tertiary/aromatic N) is 7. The normalized spacial score (nSPS) is 25.3. The molecular formula is C41H38FN9O5. The van der Waals surface area contributed by atoms with Gasteiger partial charge in [-0.05, 0) is 86.7 Å². The number of hydrogen-bond acceptors (Lipinski definition) is 11. The topological polar surface area (TPSA) is 169 Å². The number of carbonyl (C=O) groups excluding carboxylic acids is 4. The fourth-order valence-electron chi connectivity index (χ4n) is 9.18. The quantitative estimate of drug-likeness (QED) is 0.172. The molecule has 0 radical (unpaired) electrons. The van der Waals surface area contributed by atoms with Gasteiger partial charge in [-0.2, -0.15) is 5.10 Å². The van der Waals surface area contributed by atoms with Crippen LogP contribution in [-0.2, 0) is 9.59 Å². The minimum absolute atomic E-state index is 0.0284. The predicted molar refractivity (Wildman–Crippen MR) is 202 cm³/mol. The summed E-state index contributed by atoms with van der Waals surface area (Å²) in [4.78, 5) is 64.4. The Hall–Kier alpha value is -6.22. The zero-order chi connectivity index (χ0) is 38.3. The number of anilines is 2. The second kappa shape index (κ2) is 12.9. The highest BCUT2D eigenvalue weighted by Crippen LogP contribution is 2.53. The number of fused-ring (bicyclic) bond motifs is 2. The molecule has 1 spiro atoms. The van der Waals surface area contributed by atoms with E-state index < -0.39 is 41.4 Å². The van der Waals surface area contributed by atoms with Crippen molar-refractivity contribution in [1.29, 1.82) is 0 Å². The monoisotopic (exact) mass is 755 g/mol. The number of nitrogens with two attached hydrogens (primary N) is 1. The predicted octanol–water partition coefficient (Wildman–Crippen LogP) is 4.87. The van der Waals surface area contributed by atoms with Crippen LogP contribution < -0.4 is 20.7 Å². The van der Waals surface area contributed by atoms with Gasteiger partial charge in [0.2, 0.25) is 11.8 Å². The molecule has 3 N–H and O–H groups in total. The summed E-state index contributed by atoms with van der Waals surface area (Å²) in [6.07, 6.45) is 3.52. The van der Waals surface area contributed by atoms with Gasteiger partial charge in [0.05, 0.1) is 22.6 Å². The molecule has 4 amide bonds. The number of carbonyl (C=O) groups is 4. The second-order valence-corrected chi connectivity index (χ2v) is 15.5. The minimum atomic E-state index is -1.06. The largest absolute Gasteiger partial charge is 0.457 e. The van der Waals surface area contributed by atoms with Crippen LogP contribution in [0.25, 0.3) is 22.3 Å². The molecule has 1 aliphatic carbocycles. The molecule has 14 nitrogen and oxygen atoms in total. The lowest BCUT2D eigenvalue weighted by Crippen LogP contribution is -2.73. The first kappa shape index (κ1) is 34.3. The standard InChI is InChI=1S/C41H38FN9O5/c42-40-41(21-49(40)26-19-48(20-26)25-8-11-29-30(18-25)39(55)50(38(29)54)31-12-13-32(52)46-37(31)53)16-14-24(15-17-41)51-36-33(35(43)44-22-45-36)34(47-51)23-6-9-28(10-7-23)56-27-4-2-1-3-5-27/h1-11,18,22,24,26,31,40H,12-17,19-21H2,(H2,43,44,45)(H,46,52,53). The van der Waals surface area contributed by atoms with E-state index in [1.165, 1.54) is 6.33 Å². The summed E-state index contributed by atoms with van der Waals surface area (Å²) in [7, 11) is 0. The summed E-state index contributed by atoms with van der Waals surface area (Å²) in [5, 5.41) is 7.97. The number of likely N-dealkylation sites (tertiary alicyclic amines) is 1. The lowest BCUT2D eigenvalue weighted by molar-refractivity contribution is -0.190. The summed E-state index contributed by atoms with van der Waals surface area (Å²) in [5.41, 5.74) is 9.47. The van der Waals surface area contributed by atoms with Gasteiger partial charge >= 0.3 is 0 Å². The summed E-state index contributed by atoms with van der Waals surface area (Å²) < 4.78 is 24.1. The molecule has 2 aromatic heterocycles. The van der Waals surface area contributed by atoms with Crippen LogP contribution in [0, 0.1) is 5.41 Å². The Balaban J connectivity index is 0.780. The first-order valence-electron chi connectivity index (χ1n) is 19.0. The third-order valence-electron chi connectivity index (χ3n) is 12.3. The average Bonchev–Trinajstić information content (AvgIpc) is 3.70. The molecule has 3 saturated heterocycles. The molecule has 3 aromatic carbocycles. The van der Waals surface area contributed by atoms with E-state index in [-0.39, 0.29) is 36.1 Å². The van der Waals surface area contributed by atoms with Gasteiger partial charge in [-0.3, -0.25) is 34.3 Å². The molecule has 0 bridgehead atoms. The van der Waals surface area contributed by atoms with Crippen LogP contribution >= 0.6 is 0 Å². The van der Waals surface area contributed by atoms with E-state index in [9.17, 15) is 19.2 Å². The average molecular weight is 756 g/mol. The lowest BCUT2D eigenvalue weighted by Gasteiger charge is -2.61. The van der Waals surface area contributed by atoms with E-state index in [4.69, 9.17) is 15.6 Å². The number of para-hydroxylation sites is 1. The smallest absolute Gasteiger partial charge is 0.262 e. The zero-order valence-corrected chi connectivity index (χ0v) is 30.3. The SMILES string of the molecule is Nc1ncnc2c1c(-c1ccc(Oc3ccccc3)cc1)nn2C1CCC2(CC1)CN(C1CN(c3ccc4c(c3)C(=O)N(C3CCC(=O)NC3=O)C4=O)C1)C2F. The van der Waals surface area contributed by atoms with Crippen LogP contribution in [0.1, 0.15) is 65.3 Å². The number of nitrogens with one attached hydrogen (secondary N) is 1. The summed E-state index contributed by atoms with van der Waals surface area (Å²) >= 11 is 0. The van der Waals surface area contributed by atoms with Crippen LogP contribution in [0.5, 0.6) is 11.5 Å². The Kier molecular flexibility index (Phi) is 7.92. The molecule has 56 heavy (non-hydrogen) atoms. The van der Waals surface area contributed by atoms with Crippen molar-refractivity contribution in [2.75, 3.05) is 30.3 Å². The lowest BCUT2D eigenvalue weighted by atomic mass is 9.65. The second-order valence-electron chi connectivity index (χ2n) is 15.5. The van der Waals surface area contributed by atoms with E-state index in [0.717, 1.165) is 47.6 Å². The number of imide groups is 2. The van der Waals surface area contributed by atoms with Gasteiger partial charge in [0.25, 0.3) is 11.8 Å². The van der Waals surface area contributed by atoms with Crippen molar-refractivity contribution in [2.24, 2.45) is 5.41 Å². The van der Waals surface area contributed by atoms with Crippen LogP contribution in [0.2, 0.25) is 0 Å². The maximum Gasteiger partial charge on any atom is 0.262 e. The third-order valence-corrected chi connectivity index (χ3v) is 12.3. The molecule has 284 valence electrons. The van der Waals surface area contributed by atoms with Gasteiger partial charge in [-0.15, -0.1) is 0 Å². The molecule has 6 heterocycles. The molecular weight excluding hydrogens is 718 g/mol. The number of benzene rings is 3. The van der Waals surface area contributed by atoms with Crippen molar-refractivity contribution in [3.05, 3.63) is 90.3 Å². The molecule has 15 heteroatoms. The van der Waals surface area contributed by atoms with Crippen molar-refractivity contribution < 1.29 is 28.3 Å². The number of amides is 4. The number of halogens is 1. The Morgan fingerprint density at radius 1 is 0.839 bits per heavy atom. The van der Waals surface area contributed by atoms with Gasteiger partial charge in [0.1, 0.15) is 35.4 Å². The molecule has 4 fully saturated rings. The van der Waals surface area contributed by atoms with Crippen LogP contribution in [-0.4, -0.2) is 91.2 Å². The number of nitrogen functional groups attached to an aromatic ring is 1. The van der Waals surface area contributed by atoms with Crippen LogP contribution in [0.3, 0.4) is 0 Å². The maximum absolute atomic E-state index is 16.2. The highest BCUT2D eigenvalue weighted by atomic mass is 19.1. The summed E-state index contributed by atoms with van der Waals surface area (Å²) in [5.74, 6) is -0.323. The molecule has 10 rings (SSSR count). The number of hydrogen-bond donors (Lipinski definition) is 2. The molecule has 5 aromatic rings. The molecule has 2 atom stereocenters. The van der Waals surface area contributed by atoms with E-state index in [1.54, 1.807) is 18.2 Å². The highest BCUT2D eigenvalue weighted by Gasteiger charge is 2.58. The van der Waals surface area contributed by atoms with Gasteiger partial charge < -0.3 is 15.4 Å². The van der Waals surface area contributed by atoms with Gasteiger partial charge in [0.15, 0.2) is 11.9 Å². The number of ether oxygens (including phenoxy) is 1. The summed E-state index contributed by atoms with van der Waals surface area (Å²) in [6.45, 7) is 1.87. The number of aromatic nitrogens is 4. The Morgan fingerprint density at radius 3 is 2.30 bits per heavy atom.